The van der Waals surface area contributed by atoms with E-state index >= 15 is 0 Å². The molecule has 0 saturated heterocycles. The lowest BCUT2D eigenvalue weighted by molar-refractivity contribution is 1.36. The molecule has 6 heterocycles. The highest BCUT2D eigenvalue weighted by Crippen LogP contribution is 2.35. The summed E-state index contributed by atoms with van der Waals surface area (Å²) in [5.41, 5.74) is 15.9. The highest BCUT2D eigenvalue weighted by Gasteiger charge is 2.13. The highest BCUT2D eigenvalue weighted by molar-refractivity contribution is 6.09. The van der Waals surface area contributed by atoms with Crippen LogP contribution in [-0.4, -0.2) is 29.9 Å². The third kappa shape index (κ3) is 5.69. The van der Waals surface area contributed by atoms with Crippen LogP contribution < -0.4 is 0 Å². The van der Waals surface area contributed by atoms with E-state index in [2.05, 4.69) is 162 Å². The first-order valence-electron chi connectivity index (χ1n) is 19.7. The van der Waals surface area contributed by atoms with Crippen molar-refractivity contribution in [1.82, 2.24) is 29.9 Å². The molecule has 0 radical (unpaired) electrons. The van der Waals surface area contributed by atoms with E-state index in [0.29, 0.717) is 0 Å². The van der Waals surface area contributed by atoms with Crippen LogP contribution in [0, 0.1) is 0 Å². The molecular formula is C53H32N6. The van der Waals surface area contributed by atoms with Gasteiger partial charge in [0, 0.05) is 67.0 Å². The number of hydrogen-bond donors (Lipinski definition) is 1. The van der Waals surface area contributed by atoms with Crippen molar-refractivity contribution in [3.63, 3.8) is 0 Å². The van der Waals surface area contributed by atoms with Crippen LogP contribution in [0.2, 0.25) is 0 Å². The van der Waals surface area contributed by atoms with Crippen LogP contribution in [0.5, 0.6) is 0 Å². The first-order valence-corrected chi connectivity index (χ1v) is 19.7. The quantitative estimate of drug-likeness (QED) is 0.177. The maximum Gasteiger partial charge on any atom is 0.0972 e. The number of aromatic amines is 1. The fourth-order valence-corrected chi connectivity index (χ4v) is 8.37. The maximum atomic E-state index is 5.15. The molecule has 0 fully saturated rings. The normalized spacial score (nSPS) is 11.7. The summed E-state index contributed by atoms with van der Waals surface area (Å²) in [6.45, 7) is 0. The van der Waals surface area contributed by atoms with Crippen LogP contribution in [-0.2, 0) is 0 Å². The first-order chi connectivity index (χ1) is 29.2. The lowest BCUT2D eigenvalue weighted by Gasteiger charge is -2.09. The third-order valence-corrected chi connectivity index (χ3v) is 11.5. The summed E-state index contributed by atoms with van der Waals surface area (Å²) >= 11 is 0. The van der Waals surface area contributed by atoms with Crippen molar-refractivity contribution in [3.8, 4) is 56.2 Å². The van der Waals surface area contributed by atoms with Crippen LogP contribution in [0.25, 0.3) is 122 Å². The molecule has 6 aromatic carbocycles. The Hall–Kier alpha value is -8.09. The Kier molecular flexibility index (Phi) is 7.43. The van der Waals surface area contributed by atoms with Crippen molar-refractivity contribution in [2.24, 2.45) is 0 Å². The number of nitrogens with one attached hydrogen (secondary N) is 1. The molecule has 6 heteroatoms. The van der Waals surface area contributed by atoms with Crippen molar-refractivity contribution >= 4 is 65.4 Å². The zero-order valence-electron chi connectivity index (χ0n) is 31.6. The number of rotatable bonds is 5. The Morgan fingerprint density at radius 1 is 0.339 bits per heavy atom. The predicted molar refractivity (Wildman–Crippen MR) is 242 cm³/mol. The van der Waals surface area contributed by atoms with Crippen LogP contribution in [0.3, 0.4) is 0 Å². The fraction of sp³-hybridized carbons (Fsp3) is 0. The van der Waals surface area contributed by atoms with Gasteiger partial charge in [-0.25, -0.2) is 19.9 Å². The van der Waals surface area contributed by atoms with E-state index in [0.717, 1.165) is 122 Å². The Bertz CT molecular complexity index is 3610. The lowest BCUT2D eigenvalue weighted by Crippen LogP contribution is -1.91. The molecule has 0 amide bonds. The Balaban J connectivity index is 0.828. The Morgan fingerprint density at radius 2 is 0.881 bits per heavy atom. The van der Waals surface area contributed by atoms with E-state index in [1.807, 2.05) is 36.7 Å². The largest absolute Gasteiger partial charge is 0.359 e. The molecule has 12 rings (SSSR count). The molecule has 0 saturated carbocycles. The third-order valence-electron chi connectivity index (χ3n) is 11.5. The van der Waals surface area contributed by atoms with Gasteiger partial charge in [0.05, 0.1) is 55.9 Å². The molecule has 0 unspecified atom stereocenters. The number of hydrogen-bond acceptors (Lipinski definition) is 5. The van der Waals surface area contributed by atoms with E-state index in [1.165, 1.54) is 0 Å². The van der Waals surface area contributed by atoms with Crippen LogP contribution in [0.4, 0.5) is 0 Å². The van der Waals surface area contributed by atoms with Gasteiger partial charge in [0.15, 0.2) is 0 Å². The molecule has 0 aliphatic rings. The van der Waals surface area contributed by atoms with E-state index in [1.54, 1.807) is 0 Å². The Morgan fingerprint density at radius 3 is 1.64 bits per heavy atom. The smallest absolute Gasteiger partial charge is 0.0972 e. The topological polar surface area (TPSA) is 80.2 Å². The molecule has 0 aliphatic heterocycles. The van der Waals surface area contributed by atoms with E-state index in [9.17, 15) is 0 Å². The number of H-pyrrole nitrogens is 1. The minimum absolute atomic E-state index is 0.902. The minimum atomic E-state index is 0.902. The van der Waals surface area contributed by atoms with Crippen molar-refractivity contribution < 1.29 is 0 Å². The summed E-state index contributed by atoms with van der Waals surface area (Å²) in [5.74, 6) is 0. The van der Waals surface area contributed by atoms with E-state index in [-0.39, 0.29) is 0 Å². The number of aromatic nitrogens is 6. The van der Waals surface area contributed by atoms with Gasteiger partial charge in [-0.05, 0) is 59.7 Å². The summed E-state index contributed by atoms with van der Waals surface area (Å²) in [4.78, 5) is 28.5. The van der Waals surface area contributed by atoms with Gasteiger partial charge >= 0.3 is 0 Å². The molecular weight excluding hydrogens is 721 g/mol. The molecule has 274 valence electrons. The molecule has 1 N–H and O–H groups in total. The second-order valence-electron chi connectivity index (χ2n) is 15.0. The molecule has 6 nitrogen and oxygen atoms in total. The SMILES string of the molecule is c1ccc(-c2ccc3ccc4ccc(-c5ccc(-c6ccc7cc(-c8ccc9ccc(-c%10c[nH]c%11c%10ccc%10cccnc%10%11)nc9c8)ccc7n6)cc5)nc4c3n2)cc1. The summed E-state index contributed by atoms with van der Waals surface area (Å²) in [5, 5.41) is 6.55. The van der Waals surface area contributed by atoms with E-state index in [4.69, 9.17) is 19.9 Å². The van der Waals surface area contributed by atoms with Gasteiger partial charge in [-0.1, -0.05) is 127 Å². The maximum absolute atomic E-state index is 5.15. The summed E-state index contributed by atoms with van der Waals surface area (Å²) in [6.07, 6.45) is 3.88. The number of pyridine rings is 5. The highest BCUT2D eigenvalue weighted by atomic mass is 14.8. The monoisotopic (exact) mass is 752 g/mol. The number of fused-ring (bicyclic) bond motifs is 8. The summed E-state index contributed by atoms with van der Waals surface area (Å²) < 4.78 is 0. The van der Waals surface area contributed by atoms with Crippen LogP contribution >= 0.6 is 0 Å². The molecule has 59 heavy (non-hydrogen) atoms. The van der Waals surface area contributed by atoms with Crippen molar-refractivity contribution in [1.29, 1.82) is 0 Å². The van der Waals surface area contributed by atoms with Crippen molar-refractivity contribution in [3.05, 3.63) is 188 Å². The second-order valence-corrected chi connectivity index (χ2v) is 15.0. The lowest BCUT2D eigenvalue weighted by atomic mass is 10.00. The standard InChI is InChI=1S/C53H32N6/c1-2-5-32(6-3-1)45-23-18-37-13-14-38-19-24-46(59-52(38)51(37)58-45)34-10-8-33(9-11-34)44-26-21-41-29-39(20-25-47(41)56-44)40-15-12-35-17-27-48(57-49(35)30-40)43-31-55-53-42(43)22-16-36-7-4-28-54-50(36)53/h1-31,55H. The first kappa shape index (κ1) is 33.1. The fourth-order valence-electron chi connectivity index (χ4n) is 8.37. The van der Waals surface area contributed by atoms with Crippen molar-refractivity contribution in [2.75, 3.05) is 0 Å². The van der Waals surface area contributed by atoms with Crippen molar-refractivity contribution in [2.45, 2.75) is 0 Å². The van der Waals surface area contributed by atoms with Crippen LogP contribution in [0.15, 0.2) is 188 Å². The molecule has 0 bridgehead atoms. The molecule has 0 atom stereocenters. The zero-order valence-corrected chi connectivity index (χ0v) is 31.6. The average molecular weight is 753 g/mol. The zero-order chi connectivity index (χ0) is 38.9. The average Bonchev–Trinajstić information content (AvgIpc) is 3.76. The molecule has 12 aromatic rings. The molecule has 0 spiro atoms. The van der Waals surface area contributed by atoms with Gasteiger partial charge in [0.2, 0.25) is 0 Å². The summed E-state index contributed by atoms with van der Waals surface area (Å²) in [6, 6.07) is 61.3. The Labute approximate surface area is 338 Å². The van der Waals surface area contributed by atoms with Gasteiger partial charge in [0.25, 0.3) is 0 Å². The number of benzene rings is 6. The molecule has 6 aromatic heterocycles. The van der Waals surface area contributed by atoms with Gasteiger partial charge in [-0.3, -0.25) is 4.98 Å². The predicted octanol–water partition coefficient (Wildman–Crippen LogP) is 13.2. The second kappa shape index (κ2) is 13.3. The van der Waals surface area contributed by atoms with Gasteiger partial charge in [-0.2, -0.15) is 0 Å². The van der Waals surface area contributed by atoms with E-state index < -0.39 is 0 Å². The summed E-state index contributed by atoms with van der Waals surface area (Å²) in [7, 11) is 0. The van der Waals surface area contributed by atoms with Gasteiger partial charge in [-0.15, -0.1) is 0 Å². The number of nitrogens with zero attached hydrogens (tertiary/aromatic N) is 5. The minimum Gasteiger partial charge on any atom is -0.359 e. The van der Waals surface area contributed by atoms with Gasteiger partial charge in [0.1, 0.15) is 0 Å². The van der Waals surface area contributed by atoms with Gasteiger partial charge < -0.3 is 4.98 Å². The van der Waals surface area contributed by atoms with Crippen LogP contribution in [0.1, 0.15) is 0 Å². The molecule has 0 aliphatic carbocycles.